The smallest absolute Gasteiger partial charge is 0.214 e. The largest absolute Gasteiger partial charge is 0.491 e. The zero-order valence-corrected chi connectivity index (χ0v) is 14.3. The summed E-state index contributed by atoms with van der Waals surface area (Å²) in [5.74, 6) is 0.852. The van der Waals surface area contributed by atoms with Crippen molar-refractivity contribution in [2.45, 2.75) is 20.0 Å². The first-order chi connectivity index (χ1) is 12.1. The van der Waals surface area contributed by atoms with E-state index in [1.165, 1.54) is 6.07 Å². The number of ether oxygens (including phenoxy) is 1. The van der Waals surface area contributed by atoms with E-state index in [2.05, 4.69) is 20.6 Å². The van der Waals surface area contributed by atoms with Gasteiger partial charge in [0.05, 0.1) is 11.6 Å². The molecule has 2 heterocycles. The minimum absolute atomic E-state index is 0.119. The molecule has 0 atom stereocenters. The molecule has 0 bridgehead atoms. The molecule has 3 rings (SSSR count). The fraction of sp³-hybridized carbons (Fsp3) is 0.263. The summed E-state index contributed by atoms with van der Waals surface area (Å²) >= 11 is 0. The molecule has 0 fully saturated rings. The number of rotatable bonds is 7. The summed E-state index contributed by atoms with van der Waals surface area (Å²) in [6, 6.07) is 12.5. The minimum Gasteiger partial charge on any atom is -0.491 e. The molecule has 3 aromatic rings. The Morgan fingerprint density at radius 3 is 2.72 bits per heavy atom. The molecule has 130 valence electrons. The molecule has 2 N–H and O–H groups in total. The Morgan fingerprint density at radius 1 is 1.08 bits per heavy atom. The number of pyridine rings is 2. The van der Waals surface area contributed by atoms with Crippen molar-refractivity contribution in [3.63, 3.8) is 0 Å². The molecule has 0 aliphatic rings. The van der Waals surface area contributed by atoms with Gasteiger partial charge in [0.25, 0.3) is 0 Å². The van der Waals surface area contributed by atoms with Crippen LogP contribution in [0.4, 0.5) is 15.9 Å². The summed E-state index contributed by atoms with van der Waals surface area (Å²) in [6.45, 7) is 5.27. The molecule has 0 aliphatic heterocycles. The second-order valence-corrected chi connectivity index (χ2v) is 5.90. The van der Waals surface area contributed by atoms with Crippen LogP contribution in [-0.2, 0) is 0 Å². The number of halogens is 1. The topological polar surface area (TPSA) is 59.1 Å². The Labute approximate surface area is 146 Å². The Kier molecular flexibility index (Phi) is 5.28. The average molecular weight is 340 g/mol. The third kappa shape index (κ3) is 4.56. The van der Waals surface area contributed by atoms with E-state index in [-0.39, 0.29) is 6.10 Å². The molecule has 25 heavy (non-hydrogen) atoms. The van der Waals surface area contributed by atoms with Crippen molar-refractivity contribution < 1.29 is 9.13 Å². The van der Waals surface area contributed by atoms with Gasteiger partial charge in [0.2, 0.25) is 5.95 Å². The number of nitrogens with one attached hydrogen (secondary N) is 2. The van der Waals surface area contributed by atoms with Gasteiger partial charge in [0, 0.05) is 30.4 Å². The van der Waals surface area contributed by atoms with Crippen LogP contribution >= 0.6 is 0 Å². The lowest BCUT2D eigenvalue weighted by Gasteiger charge is -2.13. The number of aromatic nitrogens is 2. The summed E-state index contributed by atoms with van der Waals surface area (Å²) < 4.78 is 18.8. The number of fused-ring (bicyclic) bond motifs is 1. The molecule has 0 amide bonds. The lowest BCUT2D eigenvalue weighted by molar-refractivity contribution is 0.243. The van der Waals surface area contributed by atoms with Crippen LogP contribution < -0.4 is 15.4 Å². The zero-order chi connectivity index (χ0) is 17.6. The lowest BCUT2D eigenvalue weighted by atomic mass is 10.1. The SMILES string of the molecule is CC(C)Oc1ccc2nccc(NCCNc3cccc(F)n3)c2c1. The van der Waals surface area contributed by atoms with Gasteiger partial charge >= 0.3 is 0 Å². The molecular weight excluding hydrogens is 319 g/mol. The highest BCUT2D eigenvalue weighted by Gasteiger charge is 2.05. The maximum absolute atomic E-state index is 13.1. The number of benzene rings is 1. The van der Waals surface area contributed by atoms with E-state index in [1.807, 2.05) is 38.1 Å². The monoisotopic (exact) mass is 340 g/mol. The number of anilines is 2. The van der Waals surface area contributed by atoms with E-state index in [9.17, 15) is 4.39 Å². The van der Waals surface area contributed by atoms with E-state index in [0.29, 0.717) is 18.9 Å². The molecule has 0 radical (unpaired) electrons. The number of nitrogens with zero attached hydrogens (tertiary/aromatic N) is 2. The summed E-state index contributed by atoms with van der Waals surface area (Å²) in [4.78, 5) is 8.16. The highest BCUT2D eigenvalue weighted by molar-refractivity contribution is 5.92. The van der Waals surface area contributed by atoms with Gasteiger partial charge in [-0.3, -0.25) is 4.98 Å². The van der Waals surface area contributed by atoms with Crippen LogP contribution in [-0.4, -0.2) is 29.2 Å². The Bertz CT molecular complexity index is 854. The summed E-state index contributed by atoms with van der Waals surface area (Å²) in [5, 5.41) is 7.47. The Morgan fingerprint density at radius 2 is 1.92 bits per heavy atom. The van der Waals surface area contributed by atoms with E-state index in [4.69, 9.17) is 4.74 Å². The van der Waals surface area contributed by atoms with Crippen LogP contribution in [0.1, 0.15) is 13.8 Å². The van der Waals surface area contributed by atoms with Crippen LogP contribution in [0.15, 0.2) is 48.7 Å². The van der Waals surface area contributed by atoms with Crippen LogP contribution in [0, 0.1) is 5.95 Å². The second kappa shape index (κ2) is 7.79. The minimum atomic E-state index is -0.490. The Hall–Kier alpha value is -2.89. The van der Waals surface area contributed by atoms with Gasteiger partial charge in [-0.1, -0.05) is 6.07 Å². The van der Waals surface area contributed by atoms with Gasteiger partial charge in [-0.05, 0) is 50.2 Å². The van der Waals surface area contributed by atoms with Crippen molar-refractivity contribution in [2.24, 2.45) is 0 Å². The van der Waals surface area contributed by atoms with Gasteiger partial charge in [-0.25, -0.2) is 4.98 Å². The van der Waals surface area contributed by atoms with Gasteiger partial charge < -0.3 is 15.4 Å². The standard InChI is InChI=1S/C19H21FN4O/c1-13(2)25-14-6-7-16-15(12-14)17(8-9-21-16)22-10-11-23-19-5-3-4-18(20)24-19/h3-9,12-13H,10-11H2,1-2H3,(H,21,22)(H,23,24). The van der Waals surface area contributed by atoms with E-state index in [0.717, 1.165) is 22.3 Å². The molecule has 1 aromatic carbocycles. The number of hydrogen-bond acceptors (Lipinski definition) is 5. The van der Waals surface area contributed by atoms with Gasteiger partial charge in [0.15, 0.2) is 0 Å². The van der Waals surface area contributed by atoms with Crippen molar-refractivity contribution in [3.8, 4) is 5.75 Å². The quantitative estimate of drug-likeness (QED) is 0.501. The third-order valence-corrected chi connectivity index (χ3v) is 3.55. The summed E-state index contributed by atoms with van der Waals surface area (Å²) in [7, 11) is 0. The first-order valence-electron chi connectivity index (χ1n) is 8.27. The average Bonchev–Trinajstić information content (AvgIpc) is 2.58. The van der Waals surface area contributed by atoms with E-state index < -0.39 is 5.95 Å². The Balaban J connectivity index is 1.66. The van der Waals surface area contributed by atoms with E-state index in [1.54, 1.807) is 18.3 Å². The second-order valence-electron chi connectivity index (χ2n) is 5.90. The van der Waals surface area contributed by atoms with Crippen molar-refractivity contribution in [1.29, 1.82) is 0 Å². The molecule has 5 nitrogen and oxygen atoms in total. The van der Waals surface area contributed by atoms with Gasteiger partial charge in [0.1, 0.15) is 11.6 Å². The van der Waals surface area contributed by atoms with Crippen LogP contribution in [0.2, 0.25) is 0 Å². The first kappa shape index (κ1) is 17.0. The third-order valence-electron chi connectivity index (χ3n) is 3.55. The van der Waals surface area contributed by atoms with E-state index >= 15 is 0 Å². The predicted octanol–water partition coefficient (Wildman–Crippen LogP) is 4.08. The molecule has 6 heteroatoms. The highest BCUT2D eigenvalue weighted by atomic mass is 19.1. The van der Waals surface area contributed by atoms with Gasteiger partial charge in [-0.15, -0.1) is 0 Å². The first-order valence-corrected chi connectivity index (χ1v) is 8.27. The summed E-state index contributed by atoms with van der Waals surface area (Å²) in [5.41, 5.74) is 1.88. The van der Waals surface area contributed by atoms with Crippen LogP contribution in [0.25, 0.3) is 10.9 Å². The maximum atomic E-state index is 13.1. The molecule has 2 aromatic heterocycles. The number of hydrogen-bond donors (Lipinski definition) is 2. The lowest BCUT2D eigenvalue weighted by Crippen LogP contribution is -2.14. The summed E-state index contributed by atoms with van der Waals surface area (Å²) in [6.07, 6.45) is 1.89. The highest BCUT2D eigenvalue weighted by Crippen LogP contribution is 2.26. The molecule has 0 spiro atoms. The van der Waals surface area contributed by atoms with Crippen molar-refractivity contribution in [1.82, 2.24) is 9.97 Å². The van der Waals surface area contributed by atoms with Gasteiger partial charge in [-0.2, -0.15) is 4.39 Å². The zero-order valence-electron chi connectivity index (χ0n) is 14.3. The maximum Gasteiger partial charge on any atom is 0.214 e. The molecule has 0 unspecified atom stereocenters. The van der Waals surface area contributed by atoms with Crippen molar-refractivity contribution in [2.75, 3.05) is 23.7 Å². The molecular formula is C19H21FN4O. The normalized spacial score (nSPS) is 10.9. The fourth-order valence-electron chi connectivity index (χ4n) is 2.52. The van der Waals surface area contributed by atoms with Crippen LogP contribution in [0.5, 0.6) is 5.75 Å². The predicted molar refractivity (Wildman–Crippen MR) is 98.7 cm³/mol. The molecule has 0 aliphatic carbocycles. The fourth-order valence-corrected chi connectivity index (χ4v) is 2.52. The molecule has 0 saturated heterocycles. The van der Waals surface area contributed by atoms with Crippen molar-refractivity contribution in [3.05, 3.63) is 54.6 Å². The molecule has 0 saturated carbocycles. The van der Waals surface area contributed by atoms with Crippen molar-refractivity contribution >= 4 is 22.4 Å². The van der Waals surface area contributed by atoms with Crippen LogP contribution in [0.3, 0.4) is 0 Å².